The molecule has 0 aliphatic carbocycles. The van der Waals surface area contributed by atoms with Gasteiger partial charge in [-0.05, 0) is 19.1 Å². The van der Waals surface area contributed by atoms with E-state index < -0.39 is 16.1 Å². The molecule has 1 heterocycles. The molecule has 0 amide bonds. The van der Waals surface area contributed by atoms with Gasteiger partial charge in [0.05, 0.1) is 6.07 Å². The molecule has 1 aromatic heterocycles. The van der Waals surface area contributed by atoms with Crippen LogP contribution in [0, 0.1) is 22.7 Å². The van der Waals surface area contributed by atoms with Crippen molar-refractivity contribution < 1.29 is 8.42 Å². The van der Waals surface area contributed by atoms with E-state index in [2.05, 4.69) is 0 Å². The molecule has 1 rings (SSSR count). The van der Waals surface area contributed by atoms with Gasteiger partial charge in [-0.3, -0.25) is 0 Å². The van der Waals surface area contributed by atoms with Gasteiger partial charge in [0.25, 0.3) is 10.0 Å². The highest BCUT2D eigenvalue weighted by molar-refractivity contribution is 7.91. The van der Waals surface area contributed by atoms with Crippen molar-refractivity contribution >= 4 is 21.4 Å². The van der Waals surface area contributed by atoms with E-state index in [1.165, 1.54) is 26.1 Å². The first-order chi connectivity index (χ1) is 7.43. The van der Waals surface area contributed by atoms with Gasteiger partial charge in [-0.15, -0.1) is 11.3 Å². The highest BCUT2D eigenvalue weighted by Gasteiger charge is 2.26. The second kappa shape index (κ2) is 4.62. The largest absolute Gasteiger partial charge is 0.253 e. The summed E-state index contributed by atoms with van der Waals surface area (Å²) in [5.74, 6) is 0. The Morgan fingerprint density at radius 3 is 2.50 bits per heavy atom. The Morgan fingerprint density at radius 2 is 2.06 bits per heavy atom. The number of thiophene rings is 1. The van der Waals surface area contributed by atoms with Crippen LogP contribution in [-0.2, 0) is 10.0 Å². The van der Waals surface area contributed by atoms with Crippen LogP contribution in [0.1, 0.15) is 11.8 Å². The molecule has 1 atom stereocenters. The minimum atomic E-state index is -3.66. The summed E-state index contributed by atoms with van der Waals surface area (Å²) in [5.41, 5.74) is 0. The van der Waals surface area contributed by atoms with Gasteiger partial charge in [0.15, 0.2) is 0 Å². The van der Waals surface area contributed by atoms with Crippen LogP contribution in [0.3, 0.4) is 0 Å². The van der Waals surface area contributed by atoms with Crippen LogP contribution >= 0.6 is 11.3 Å². The minimum absolute atomic E-state index is 0.0775. The molecule has 0 saturated carbocycles. The first-order valence-electron chi connectivity index (χ1n) is 4.31. The van der Waals surface area contributed by atoms with Gasteiger partial charge in [-0.25, -0.2) is 8.42 Å². The minimum Gasteiger partial charge on any atom is -0.206 e. The Bertz CT molecular complexity index is 562. The molecular weight excluding hydrogens is 246 g/mol. The molecule has 0 aliphatic rings. The summed E-state index contributed by atoms with van der Waals surface area (Å²) in [4.78, 5) is 0.330. The standard InChI is InChI=1S/C9H9N3O2S2/c1-7(5-10)12(2)16(13,14)9-4-3-8(6-11)15-9/h3-4,7H,1-2H3. The number of nitriles is 2. The number of rotatable bonds is 3. The van der Waals surface area contributed by atoms with Gasteiger partial charge in [-0.2, -0.15) is 14.8 Å². The molecular formula is C9H9N3O2S2. The Kier molecular flexibility index (Phi) is 3.66. The van der Waals surface area contributed by atoms with Crippen molar-refractivity contribution in [1.29, 1.82) is 10.5 Å². The van der Waals surface area contributed by atoms with Crippen LogP contribution in [0.15, 0.2) is 16.3 Å². The first kappa shape index (κ1) is 12.7. The molecule has 0 fully saturated rings. The highest BCUT2D eigenvalue weighted by Crippen LogP contribution is 2.24. The molecule has 1 unspecified atom stereocenters. The van der Waals surface area contributed by atoms with Crippen LogP contribution < -0.4 is 0 Å². The van der Waals surface area contributed by atoms with E-state index >= 15 is 0 Å². The SMILES string of the molecule is CC(C#N)N(C)S(=O)(=O)c1ccc(C#N)s1. The second-order valence-electron chi connectivity index (χ2n) is 3.06. The van der Waals surface area contributed by atoms with E-state index in [1.54, 1.807) is 0 Å². The van der Waals surface area contributed by atoms with Gasteiger partial charge < -0.3 is 0 Å². The van der Waals surface area contributed by atoms with Crippen LogP contribution in [0.2, 0.25) is 0 Å². The molecule has 5 nitrogen and oxygen atoms in total. The molecule has 16 heavy (non-hydrogen) atoms. The quantitative estimate of drug-likeness (QED) is 0.811. The van der Waals surface area contributed by atoms with Gasteiger partial charge in [0, 0.05) is 7.05 Å². The summed E-state index contributed by atoms with van der Waals surface area (Å²) in [7, 11) is -2.32. The van der Waals surface area contributed by atoms with Crippen molar-refractivity contribution in [3.8, 4) is 12.1 Å². The van der Waals surface area contributed by atoms with Crippen molar-refractivity contribution in [2.24, 2.45) is 0 Å². The number of hydrogen-bond donors (Lipinski definition) is 0. The van der Waals surface area contributed by atoms with E-state index in [9.17, 15) is 8.42 Å². The number of sulfonamides is 1. The summed E-state index contributed by atoms with van der Waals surface area (Å²) in [6.45, 7) is 1.50. The van der Waals surface area contributed by atoms with E-state index in [-0.39, 0.29) is 4.21 Å². The second-order valence-corrected chi connectivity index (χ2v) is 6.36. The van der Waals surface area contributed by atoms with Crippen molar-refractivity contribution in [2.45, 2.75) is 17.2 Å². The average molecular weight is 255 g/mol. The number of hydrogen-bond acceptors (Lipinski definition) is 5. The zero-order chi connectivity index (χ0) is 12.3. The van der Waals surface area contributed by atoms with Crippen LogP contribution in [0.4, 0.5) is 0 Å². The molecule has 84 valence electrons. The summed E-state index contributed by atoms with van der Waals surface area (Å²) >= 11 is 0.896. The molecule has 0 N–H and O–H groups in total. The topological polar surface area (TPSA) is 85.0 Å². The lowest BCUT2D eigenvalue weighted by Gasteiger charge is -2.17. The average Bonchev–Trinajstić information content (AvgIpc) is 2.75. The van der Waals surface area contributed by atoms with Crippen molar-refractivity contribution in [2.75, 3.05) is 7.05 Å². The fourth-order valence-electron chi connectivity index (χ4n) is 0.950. The van der Waals surface area contributed by atoms with Crippen molar-refractivity contribution in [3.05, 3.63) is 17.0 Å². The van der Waals surface area contributed by atoms with Gasteiger partial charge >= 0.3 is 0 Å². The van der Waals surface area contributed by atoms with Crippen LogP contribution in [0.5, 0.6) is 0 Å². The maximum atomic E-state index is 11.9. The van der Waals surface area contributed by atoms with E-state index in [4.69, 9.17) is 10.5 Å². The summed E-state index contributed by atoms with van der Waals surface area (Å²) < 4.78 is 24.9. The van der Waals surface area contributed by atoms with Crippen molar-refractivity contribution in [1.82, 2.24) is 4.31 Å². The van der Waals surface area contributed by atoms with Gasteiger partial charge in [0.2, 0.25) is 0 Å². The van der Waals surface area contributed by atoms with E-state index in [1.807, 2.05) is 12.1 Å². The molecule has 0 saturated heterocycles. The summed E-state index contributed by atoms with van der Waals surface area (Å²) in [6.07, 6.45) is 0. The fourth-order valence-corrected chi connectivity index (χ4v) is 3.52. The molecule has 0 aliphatic heterocycles. The first-order valence-corrected chi connectivity index (χ1v) is 6.56. The van der Waals surface area contributed by atoms with Gasteiger partial charge in [-0.1, -0.05) is 0 Å². The molecule has 1 aromatic rings. The van der Waals surface area contributed by atoms with Gasteiger partial charge in [0.1, 0.15) is 21.2 Å². The molecule has 0 radical (unpaired) electrons. The predicted octanol–water partition coefficient (Wildman–Crippen LogP) is 1.15. The normalized spacial score (nSPS) is 13.1. The van der Waals surface area contributed by atoms with Crippen molar-refractivity contribution in [3.63, 3.8) is 0 Å². The summed E-state index contributed by atoms with van der Waals surface area (Å²) in [6, 6.07) is 5.80. The Balaban J connectivity index is 3.14. The molecule has 0 spiro atoms. The smallest absolute Gasteiger partial charge is 0.206 e. The fraction of sp³-hybridized carbons (Fsp3) is 0.333. The van der Waals surface area contributed by atoms with Crippen LogP contribution in [0.25, 0.3) is 0 Å². The Hall–Kier alpha value is -1.41. The highest BCUT2D eigenvalue weighted by atomic mass is 32.2. The summed E-state index contributed by atoms with van der Waals surface area (Å²) in [5, 5.41) is 17.3. The third-order valence-electron chi connectivity index (χ3n) is 2.06. The Labute approximate surface area is 98.2 Å². The van der Waals surface area contributed by atoms with E-state index in [0.717, 1.165) is 15.6 Å². The predicted molar refractivity (Wildman–Crippen MR) is 59.1 cm³/mol. The lowest BCUT2D eigenvalue weighted by atomic mass is 10.4. The maximum absolute atomic E-state index is 11.9. The number of nitrogens with zero attached hydrogens (tertiary/aromatic N) is 3. The van der Waals surface area contributed by atoms with Crippen LogP contribution in [-0.4, -0.2) is 25.8 Å². The molecule has 0 aromatic carbocycles. The molecule has 0 bridgehead atoms. The van der Waals surface area contributed by atoms with E-state index in [0.29, 0.717) is 4.88 Å². The third kappa shape index (κ3) is 2.22. The third-order valence-corrected chi connectivity index (χ3v) is 5.44. The lowest BCUT2D eigenvalue weighted by molar-refractivity contribution is 0.443. The monoisotopic (exact) mass is 255 g/mol. The lowest BCUT2D eigenvalue weighted by Crippen LogP contribution is -2.33. The maximum Gasteiger partial charge on any atom is 0.253 e. The zero-order valence-electron chi connectivity index (χ0n) is 8.71. The zero-order valence-corrected chi connectivity index (χ0v) is 10.3. The Morgan fingerprint density at radius 1 is 1.44 bits per heavy atom. The molecule has 7 heteroatoms.